The average molecular weight is 332 g/mol. The third-order valence-electron chi connectivity index (χ3n) is 3.12. The Morgan fingerprint density at radius 3 is 2.21 bits per heavy atom. The van der Waals surface area contributed by atoms with E-state index in [1.54, 1.807) is 30.3 Å². The van der Waals surface area contributed by atoms with Crippen molar-refractivity contribution in [1.29, 1.82) is 0 Å². The highest BCUT2D eigenvalue weighted by Crippen LogP contribution is 2.26. The van der Waals surface area contributed by atoms with Crippen LogP contribution in [-0.2, 0) is 9.59 Å². The van der Waals surface area contributed by atoms with Gasteiger partial charge in [-0.25, -0.2) is 0 Å². The zero-order chi connectivity index (χ0) is 18.4. The first-order valence-corrected chi connectivity index (χ1v) is 7.98. The minimum Gasteiger partial charge on any atom is -0.484 e. The maximum Gasteiger partial charge on any atom is 0.255 e. The first kappa shape index (κ1) is 19.7. The van der Waals surface area contributed by atoms with Crippen molar-refractivity contribution in [2.24, 2.45) is 11.1 Å². The predicted molar refractivity (Wildman–Crippen MR) is 96.5 cm³/mol. The van der Waals surface area contributed by atoms with Crippen molar-refractivity contribution in [1.82, 2.24) is 5.32 Å². The summed E-state index contributed by atoms with van der Waals surface area (Å²) in [5, 5.41) is 3.03. The molecular formula is C19H28N2O3. The number of primary amides is 1. The molecule has 132 valence electrons. The van der Waals surface area contributed by atoms with Crippen LogP contribution in [-0.4, -0.2) is 24.0 Å². The van der Waals surface area contributed by atoms with E-state index in [1.807, 2.05) is 13.8 Å². The van der Waals surface area contributed by atoms with Crippen LogP contribution in [0.3, 0.4) is 0 Å². The highest BCUT2D eigenvalue weighted by Gasteiger charge is 2.26. The summed E-state index contributed by atoms with van der Waals surface area (Å²) in [6, 6.07) is 7.06. The second kappa shape index (κ2) is 7.99. The van der Waals surface area contributed by atoms with Crippen molar-refractivity contribution in [2.45, 2.75) is 46.6 Å². The van der Waals surface area contributed by atoms with Gasteiger partial charge in [-0.1, -0.05) is 32.9 Å². The molecule has 3 N–H and O–H groups in total. The summed E-state index contributed by atoms with van der Waals surface area (Å²) in [5.41, 5.74) is 5.75. The van der Waals surface area contributed by atoms with E-state index in [-0.39, 0.29) is 23.5 Å². The van der Waals surface area contributed by atoms with E-state index in [0.29, 0.717) is 5.75 Å². The molecule has 1 aromatic carbocycles. The molecule has 0 heterocycles. The van der Waals surface area contributed by atoms with Gasteiger partial charge < -0.3 is 15.8 Å². The second-order valence-electron chi connectivity index (χ2n) is 7.77. The first-order valence-electron chi connectivity index (χ1n) is 7.98. The molecule has 24 heavy (non-hydrogen) atoms. The fourth-order valence-corrected chi connectivity index (χ4v) is 2.75. The number of amides is 2. The number of ether oxygens (including phenoxy) is 1. The Labute approximate surface area is 144 Å². The van der Waals surface area contributed by atoms with E-state index in [2.05, 4.69) is 26.1 Å². The van der Waals surface area contributed by atoms with Crippen LogP contribution in [0.15, 0.2) is 30.3 Å². The molecule has 1 aromatic rings. The molecule has 0 unspecified atom stereocenters. The van der Waals surface area contributed by atoms with E-state index < -0.39 is 5.91 Å². The van der Waals surface area contributed by atoms with Crippen LogP contribution in [0.5, 0.6) is 5.75 Å². The molecule has 0 aliphatic rings. The van der Waals surface area contributed by atoms with Crippen LogP contribution in [0.1, 0.15) is 46.6 Å². The van der Waals surface area contributed by atoms with Crippen molar-refractivity contribution < 1.29 is 14.3 Å². The summed E-state index contributed by atoms with van der Waals surface area (Å²) < 4.78 is 5.18. The van der Waals surface area contributed by atoms with E-state index in [9.17, 15) is 9.59 Å². The van der Waals surface area contributed by atoms with Crippen molar-refractivity contribution in [3.63, 3.8) is 0 Å². The number of benzene rings is 1. The molecule has 0 fully saturated rings. The van der Waals surface area contributed by atoms with Gasteiger partial charge >= 0.3 is 0 Å². The summed E-state index contributed by atoms with van der Waals surface area (Å²) in [6.07, 6.45) is 4.13. The highest BCUT2D eigenvalue weighted by molar-refractivity contribution is 5.92. The molecule has 2 amide bonds. The second-order valence-corrected chi connectivity index (χ2v) is 7.77. The predicted octanol–water partition coefficient (Wildman–Crippen LogP) is 2.89. The Bertz CT molecular complexity index is 596. The molecule has 0 radical (unpaired) electrons. The largest absolute Gasteiger partial charge is 0.484 e. The molecule has 0 aromatic heterocycles. The molecule has 0 aliphatic carbocycles. The van der Waals surface area contributed by atoms with Gasteiger partial charge in [0, 0.05) is 11.6 Å². The normalized spacial score (nSPS) is 12.2. The van der Waals surface area contributed by atoms with Gasteiger partial charge in [0.2, 0.25) is 5.91 Å². The zero-order valence-electron chi connectivity index (χ0n) is 15.2. The van der Waals surface area contributed by atoms with Crippen LogP contribution in [0.2, 0.25) is 0 Å². The lowest BCUT2D eigenvalue weighted by Gasteiger charge is -2.32. The lowest BCUT2D eigenvalue weighted by molar-refractivity contribution is -0.120. The maximum atomic E-state index is 12.1. The standard InChI is InChI=1S/C19H28N2O3/c1-18(2,3)13-19(4,5)21-17(23)11-8-14-6-9-15(10-7-14)24-12-16(20)22/h6-11H,12-13H2,1-5H3,(H2,20,22)(H,21,23). The fourth-order valence-electron chi connectivity index (χ4n) is 2.75. The summed E-state index contributed by atoms with van der Waals surface area (Å²) in [4.78, 5) is 22.7. The molecular weight excluding hydrogens is 304 g/mol. The molecule has 1 rings (SSSR count). The van der Waals surface area contributed by atoms with Crippen LogP contribution >= 0.6 is 0 Å². The Morgan fingerprint density at radius 1 is 1.12 bits per heavy atom. The number of carbonyl (C=O) groups is 2. The Balaban J connectivity index is 2.59. The first-order chi connectivity index (χ1) is 11.0. The number of rotatable bonds is 7. The monoisotopic (exact) mass is 332 g/mol. The van der Waals surface area contributed by atoms with Crippen LogP contribution in [0, 0.1) is 5.41 Å². The number of hydrogen-bond acceptors (Lipinski definition) is 3. The van der Waals surface area contributed by atoms with Gasteiger partial charge in [0.1, 0.15) is 5.75 Å². The van der Waals surface area contributed by atoms with Gasteiger partial charge in [0.05, 0.1) is 0 Å². The Hall–Kier alpha value is -2.30. The van der Waals surface area contributed by atoms with Crippen molar-refractivity contribution in [3.05, 3.63) is 35.9 Å². The van der Waals surface area contributed by atoms with Gasteiger partial charge in [0.15, 0.2) is 6.61 Å². The van der Waals surface area contributed by atoms with E-state index in [1.165, 1.54) is 6.08 Å². The maximum absolute atomic E-state index is 12.1. The SMILES string of the molecule is CC(C)(C)CC(C)(C)NC(=O)C=Cc1ccc(OCC(N)=O)cc1. The van der Waals surface area contributed by atoms with Crippen LogP contribution in [0.4, 0.5) is 0 Å². The van der Waals surface area contributed by atoms with Crippen molar-refractivity contribution in [3.8, 4) is 5.75 Å². The molecule has 0 saturated heterocycles. The molecule has 0 atom stereocenters. The number of hydrogen-bond donors (Lipinski definition) is 2. The average Bonchev–Trinajstić information content (AvgIpc) is 2.40. The number of nitrogens with two attached hydrogens (primary N) is 1. The third-order valence-corrected chi connectivity index (χ3v) is 3.12. The van der Waals surface area contributed by atoms with Crippen LogP contribution < -0.4 is 15.8 Å². The van der Waals surface area contributed by atoms with Gasteiger partial charge in [-0.15, -0.1) is 0 Å². The minimum absolute atomic E-state index is 0.127. The summed E-state index contributed by atoms with van der Waals surface area (Å²) in [6.45, 7) is 10.3. The van der Waals surface area contributed by atoms with Gasteiger partial charge in [0.25, 0.3) is 5.91 Å². The van der Waals surface area contributed by atoms with Crippen molar-refractivity contribution >= 4 is 17.9 Å². The Kier molecular flexibility index (Phi) is 6.58. The summed E-state index contributed by atoms with van der Waals surface area (Å²) >= 11 is 0. The van der Waals surface area contributed by atoms with E-state index in [0.717, 1.165) is 12.0 Å². The molecule has 0 bridgehead atoms. The van der Waals surface area contributed by atoms with E-state index in [4.69, 9.17) is 10.5 Å². The smallest absolute Gasteiger partial charge is 0.255 e. The topological polar surface area (TPSA) is 81.4 Å². The molecule has 0 aliphatic heterocycles. The Morgan fingerprint density at radius 2 is 1.71 bits per heavy atom. The lowest BCUT2D eigenvalue weighted by Crippen LogP contribution is -2.45. The number of nitrogens with one attached hydrogen (secondary N) is 1. The highest BCUT2D eigenvalue weighted by atomic mass is 16.5. The zero-order valence-corrected chi connectivity index (χ0v) is 15.2. The molecule has 5 heteroatoms. The van der Waals surface area contributed by atoms with Gasteiger partial charge in [-0.3, -0.25) is 9.59 Å². The van der Waals surface area contributed by atoms with Crippen molar-refractivity contribution in [2.75, 3.05) is 6.61 Å². The fraction of sp³-hybridized carbons (Fsp3) is 0.474. The third kappa shape index (κ3) is 8.36. The molecule has 0 saturated carbocycles. The quantitative estimate of drug-likeness (QED) is 0.753. The van der Waals surface area contributed by atoms with Crippen LogP contribution in [0.25, 0.3) is 6.08 Å². The van der Waals surface area contributed by atoms with Gasteiger partial charge in [-0.05, 0) is 49.5 Å². The van der Waals surface area contributed by atoms with Gasteiger partial charge in [-0.2, -0.15) is 0 Å². The van der Waals surface area contributed by atoms with E-state index >= 15 is 0 Å². The number of carbonyl (C=O) groups excluding carboxylic acids is 2. The minimum atomic E-state index is -0.520. The molecule has 5 nitrogen and oxygen atoms in total. The molecule has 0 spiro atoms. The lowest BCUT2D eigenvalue weighted by atomic mass is 9.82. The summed E-state index contributed by atoms with van der Waals surface area (Å²) in [7, 11) is 0. The summed E-state index contributed by atoms with van der Waals surface area (Å²) in [5.74, 6) is -0.0893.